The van der Waals surface area contributed by atoms with Gasteiger partial charge in [0.25, 0.3) is 5.56 Å². The Labute approximate surface area is 290 Å². The lowest BCUT2D eigenvalue weighted by atomic mass is 9.91. The van der Waals surface area contributed by atoms with Gasteiger partial charge >= 0.3 is 5.97 Å². The number of aromatic nitrogens is 1. The Hall–Kier alpha value is -4.24. The summed E-state index contributed by atoms with van der Waals surface area (Å²) in [4.78, 5) is 33.6. The molecule has 6 rings (SSSR count). The van der Waals surface area contributed by atoms with Gasteiger partial charge in [0, 0.05) is 20.6 Å². The Morgan fingerprint density at radius 3 is 2.43 bits per heavy atom. The van der Waals surface area contributed by atoms with Crippen molar-refractivity contribution in [1.82, 2.24) is 4.57 Å². The van der Waals surface area contributed by atoms with Gasteiger partial charge in [0.1, 0.15) is 12.4 Å². The van der Waals surface area contributed by atoms with Crippen LogP contribution in [-0.2, 0) is 16.1 Å². The number of carbonyl (C=O) groups excluding carboxylic acids is 1. The van der Waals surface area contributed by atoms with E-state index in [1.807, 2.05) is 78.9 Å². The van der Waals surface area contributed by atoms with Crippen molar-refractivity contribution >= 4 is 56.6 Å². The molecule has 238 valence electrons. The average Bonchev–Trinajstić information content (AvgIpc) is 3.38. The fraction of sp³-hybridized carbons (Fsp3) is 0.184. The Bertz CT molecular complexity index is 2140. The normalized spacial score (nSPS) is 14.6. The summed E-state index contributed by atoms with van der Waals surface area (Å²) in [6.45, 7) is 6.55. The highest BCUT2D eigenvalue weighted by atomic mass is 79.9. The van der Waals surface area contributed by atoms with Crippen molar-refractivity contribution in [2.24, 2.45) is 4.99 Å². The lowest BCUT2D eigenvalue weighted by Gasteiger charge is -2.26. The molecule has 0 fully saturated rings. The van der Waals surface area contributed by atoms with Crippen LogP contribution in [0.2, 0.25) is 5.02 Å². The number of esters is 1. The maximum atomic E-state index is 14.4. The molecule has 1 atom stereocenters. The zero-order chi connectivity index (χ0) is 33.1. The molecule has 0 N–H and O–H groups in total. The zero-order valence-electron chi connectivity index (χ0n) is 26.1. The number of thiazole rings is 1. The van der Waals surface area contributed by atoms with Crippen LogP contribution >= 0.6 is 38.9 Å². The van der Waals surface area contributed by atoms with Gasteiger partial charge in [-0.2, -0.15) is 0 Å². The van der Waals surface area contributed by atoms with Crippen LogP contribution in [0.1, 0.15) is 60.5 Å². The van der Waals surface area contributed by atoms with E-state index in [0.717, 1.165) is 26.7 Å². The molecule has 2 heterocycles. The minimum atomic E-state index is -0.753. The average molecular weight is 728 g/mol. The second kappa shape index (κ2) is 14.3. The molecule has 1 aliphatic rings. The number of ether oxygens (including phenoxy) is 2. The van der Waals surface area contributed by atoms with Crippen LogP contribution in [0, 0.1) is 0 Å². The van der Waals surface area contributed by atoms with Crippen LogP contribution in [0.3, 0.4) is 0 Å². The molecular weight excluding hydrogens is 696 g/mol. The molecule has 4 aromatic carbocycles. The molecule has 6 nitrogen and oxygen atoms in total. The van der Waals surface area contributed by atoms with E-state index in [1.54, 1.807) is 35.8 Å². The van der Waals surface area contributed by atoms with Gasteiger partial charge in [-0.3, -0.25) is 9.36 Å². The second-order valence-electron chi connectivity index (χ2n) is 11.4. The highest BCUT2D eigenvalue weighted by molar-refractivity contribution is 9.10. The van der Waals surface area contributed by atoms with Crippen molar-refractivity contribution in [3.8, 4) is 5.75 Å². The summed E-state index contributed by atoms with van der Waals surface area (Å²) in [6, 6.07) is 30.1. The Balaban J connectivity index is 1.53. The first-order valence-corrected chi connectivity index (χ1v) is 17.3. The number of rotatable bonds is 9. The van der Waals surface area contributed by atoms with Crippen LogP contribution in [0.5, 0.6) is 5.75 Å². The lowest BCUT2D eigenvalue weighted by Crippen LogP contribution is -2.40. The number of nitrogens with zero attached hydrogens (tertiary/aromatic N) is 2. The summed E-state index contributed by atoms with van der Waals surface area (Å²) in [6.07, 6.45) is 1.78. The highest BCUT2D eigenvalue weighted by Crippen LogP contribution is 2.36. The van der Waals surface area contributed by atoms with E-state index < -0.39 is 12.0 Å². The quantitative estimate of drug-likeness (QED) is 0.144. The predicted octanol–water partition coefficient (Wildman–Crippen LogP) is 8.05. The van der Waals surface area contributed by atoms with Gasteiger partial charge in [-0.1, -0.05) is 119 Å². The molecule has 0 bridgehead atoms. The van der Waals surface area contributed by atoms with E-state index in [0.29, 0.717) is 49.5 Å². The molecule has 47 heavy (non-hydrogen) atoms. The Morgan fingerprint density at radius 2 is 1.74 bits per heavy atom. The predicted molar refractivity (Wildman–Crippen MR) is 192 cm³/mol. The van der Waals surface area contributed by atoms with Crippen molar-refractivity contribution in [3.63, 3.8) is 0 Å². The minimum absolute atomic E-state index is 0.186. The van der Waals surface area contributed by atoms with Crippen LogP contribution in [-0.4, -0.2) is 17.1 Å². The van der Waals surface area contributed by atoms with Gasteiger partial charge in [-0.05, 0) is 65.9 Å². The summed E-state index contributed by atoms with van der Waals surface area (Å²) < 4.78 is 14.8. The van der Waals surface area contributed by atoms with E-state index in [4.69, 9.17) is 26.1 Å². The van der Waals surface area contributed by atoms with Crippen molar-refractivity contribution in [1.29, 1.82) is 0 Å². The number of fused-ring (bicyclic) bond motifs is 1. The molecule has 0 amide bonds. The van der Waals surface area contributed by atoms with E-state index in [1.165, 1.54) is 11.3 Å². The molecule has 0 spiro atoms. The minimum Gasteiger partial charge on any atom is -0.488 e. The number of carbonyl (C=O) groups is 1. The fourth-order valence-corrected chi connectivity index (χ4v) is 6.90. The van der Waals surface area contributed by atoms with E-state index in [-0.39, 0.29) is 12.2 Å². The molecule has 1 aromatic heterocycles. The summed E-state index contributed by atoms with van der Waals surface area (Å²) in [5.41, 5.74) is 4.88. The SMILES string of the molecule is CCOC(=O)C1=C(c2ccccc2)N=c2s/c(=C\c3cc(Cl)ccc3OCc3ccc(Br)cc3)c(=O)n2[C@H]1c1ccc(C(C)C)cc1. The van der Waals surface area contributed by atoms with Crippen LogP contribution in [0.4, 0.5) is 0 Å². The van der Waals surface area contributed by atoms with Crippen LogP contribution in [0.15, 0.2) is 117 Å². The number of benzene rings is 4. The third kappa shape index (κ3) is 7.05. The monoisotopic (exact) mass is 726 g/mol. The molecule has 0 saturated heterocycles. The first-order valence-electron chi connectivity index (χ1n) is 15.3. The molecule has 9 heteroatoms. The Kier molecular flexibility index (Phi) is 9.92. The van der Waals surface area contributed by atoms with Gasteiger partial charge in [0.2, 0.25) is 0 Å². The van der Waals surface area contributed by atoms with Gasteiger partial charge in [-0.15, -0.1) is 0 Å². The summed E-state index contributed by atoms with van der Waals surface area (Å²) in [5.74, 6) is 0.394. The van der Waals surface area contributed by atoms with E-state index in [2.05, 4.69) is 29.8 Å². The summed E-state index contributed by atoms with van der Waals surface area (Å²) in [5, 5.41) is 0.513. The van der Waals surface area contributed by atoms with Gasteiger partial charge in [0.05, 0.1) is 28.5 Å². The fourth-order valence-electron chi connectivity index (χ4n) is 5.47. The molecule has 0 aliphatic carbocycles. The van der Waals surface area contributed by atoms with Gasteiger partial charge in [-0.25, -0.2) is 9.79 Å². The molecule has 0 saturated carbocycles. The third-order valence-electron chi connectivity index (χ3n) is 7.86. The smallest absolute Gasteiger partial charge is 0.338 e. The largest absolute Gasteiger partial charge is 0.488 e. The molecular formula is C38H32BrClN2O4S. The summed E-state index contributed by atoms with van der Waals surface area (Å²) >= 11 is 11.2. The topological polar surface area (TPSA) is 69.9 Å². The lowest BCUT2D eigenvalue weighted by molar-refractivity contribution is -0.138. The van der Waals surface area contributed by atoms with Crippen molar-refractivity contribution in [2.75, 3.05) is 6.61 Å². The first kappa shape index (κ1) is 32.7. The van der Waals surface area contributed by atoms with Crippen LogP contribution in [0.25, 0.3) is 11.8 Å². The standard InChI is InChI=1S/C38H32BrClN2O4S/c1-4-45-37(44)33-34(26-8-6-5-7-9-26)41-38-42(35(33)27-14-12-25(13-15-27)23(2)3)36(43)32(47-38)21-28-20-30(40)18-19-31(28)46-22-24-10-16-29(39)17-11-24/h5-21,23,35H,4,22H2,1-3H3/b32-21-/t35-/m0/s1. The molecule has 5 aromatic rings. The van der Waals surface area contributed by atoms with Crippen LogP contribution < -0.4 is 19.6 Å². The molecule has 0 radical (unpaired) electrons. The third-order valence-corrected chi connectivity index (χ3v) is 9.61. The highest BCUT2D eigenvalue weighted by Gasteiger charge is 2.35. The second-order valence-corrected chi connectivity index (χ2v) is 13.7. The number of hydrogen-bond donors (Lipinski definition) is 0. The van der Waals surface area contributed by atoms with E-state index >= 15 is 0 Å². The van der Waals surface area contributed by atoms with Crippen molar-refractivity contribution in [2.45, 2.75) is 39.3 Å². The first-order chi connectivity index (χ1) is 22.7. The van der Waals surface area contributed by atoms with Crippen molar-refractivity contribution < 1.29 is 14.3 Å². The molecule has 0 unspecified atom stereocenters. The number of hydrogen-bond acceptors (Lipinski definition) is 6. The zero-order valence-corrected chi connectivity index (χ0v) is 29.2. The summed E-state index contributed by atoms with van der Waals surface area (Å²) in [7, 11) is 0. The maximum Gasteiger partial charge on any atom is 0.338 e. The maximum absolute atomic E-state index is 14.4. The van der Waals surface area contributed by atoms with Crippen molar-refractivity contribution in [3.05, 3.63) is 160 Å². The molecule has 1 aliphatic heterocycles. The van der Waals surface area contributed by atoms with Gasteiger partial charge in [0.15, 0.2) is 4.80 Å². The van der Waals surface area contributed by atoms with E-state index in [9.17, 15) is 9.59 Å². The van der Waals surface area contributed by atoms with Gasteiger partial charge < -0.3 is 9.47 Å². The Morgan fingerprint density at radius 1 is 1.02 bits per heavy atom. The number of halogens is 2.